The van der Waals surface area contributed by atoms with Crippen molar-refractivity contribution < 1.29 is 53.8 Å². The van der Waals surface area contributed by atoms with Crippen LogP contribution in [0.5, 0.6) is 0 Å². The Morgan fingerprint density at radius 2 is 1.41 bits per heavy atom. The van der Waals surface area contributed by atoms with Crippen molar-refractivity contribution >= 4 is 11.9 Å². The van der Waals surface area contributed by atoms with Gasteiger partial charge in [0.05, 0.1) is 29.3 Å². The van der Waals surface area contributed by atoms with Gasteiger partial charge in [0.1, 0.15) is 6.10 Å². The van der Waals surface area contributed by atoms with Crippen molar-refractivity contribution in [1.82, 2.24) is 4.90 Å². The van der Waals surface area contributed by atoms with E-state index in [4.69, 9.17) is 4.74 Å². The highest BCUT2D eigenvalue weighted by molar-refractivity contribution is 5.97. The smallest absolute Gasteiger partial charge is 0.416 e. The van der Waals surface area contributed by atoms with E-state index in [2.05, 4.69) is 0 Å². The molecule has 0 aliphatic carbocycles. The van der Waals surface area contributed by atoms with E-state index in [1.807, 2.05) is 0 Å². The van der Waals surface area contributed by atoms with Gasteiger partial charge in [-0.2, -0.15) is 39.5 Å². The number of rotatable bonds is 6. The van der Waals surface area contributed by atoms with Crippen LogP contribution in [0.3, 0.4) is 0 Å². The molecule has 1 amide bonds. The van der Waals surface area contributed by atoms with Gasteiger partial charge < -0.3 is 4.74 Å². The molecule has 1 heterocycles. The maximum absolute atomic E-state index is 13.3. The Balaban J connectivity index is 2.02. The molecular weight excluding hydrogens is 521 g/mol. The second kappa shape index (κ2) is 9.90. The Bertz CT molecular complexity index is 1150. The van der Waals surface area contributed by atoms with Crippen molar-refractivity contribution in [3.63, 3.8) is 0 Å². The van der Waals surface area contributed by atoms with Gasteiger partial charge in [0.15, 0.2) is 5.78 Å². The van der Waals surface area contributed by atoms with E-state index < -0.39 is 71.3 Å². The van der Waals surface area contributed by atoms with Gasteiger partial charge in [0.25, 0.3) is 0 Å². The Morgan fingerprint density at radius 1 is 0.865 bits per heavy atom. The van der Waals surface area contributed by atoms with Gasteiger partial charge in [0.2, 0.25) is 0 Å². The molecule has 2 unspecified atom stereocenters. The molecule has 13 heteroatoms. The van der Waals surface area contributed by atoms with E-state index in [-0.39, 0.29) is 23.6 Å². The molecule has 4 nitrogen and oxygen atoms in total. The first-order valence-corrected chi connectivity index (χ1v) is 10.9. The summed E-state index contributed by atoms with van der Waals surface area (Å²) in [4.78, 5) is 25.9. The molecule has 37 heavy (non-hydrogen) atoms. The third-order valence-corrected chi connectivity index (χ3v) is 5.88. The number of Topliss-reactive ketones (excluding diaryl/α,β-unsaturated/α-hetero) is 1. The minimum atomic E-state index is -5.13. The van der Waals surface area contributed by atoms with Crippen LogP contribution in [-0.2, 0) is 29.8 Å². The molecule has 0 radical (unpaired) electrons. The van der Waals surface area contributed by atoms with E-state index in [9.17, 15) is 49.1 Å². The Labute approximate surface area is 205 Å². The molecule has 2 atom stereocenters. The van der Waals surface area contributed by atoms with Gasteiger partial charge in [-0.1, -0.05) is 13.0 Å². The summed E-state index contributed by atoms with van der Waals surface area (Å²) in [5.74, 6) is -0.490. The van der Waals surface area contributed by atoms with Gasteiger partial charge in [-0.3, -0.25) is 9.69 Å². The molecule has 0 bridgehead atoms. The summed E-state index contributed by atoms with van der Waals surface area (Å²) in [7, 11) is 0. The van der Waals surface area contributed by atoms with E-state index in [1.165, 1.54) is 6.92 Å². The molecule has 202 valence electrons. The molecule has 1 saturated heterocycles. The Morgan fingerprint density at radius 3 is 1.89 bits per heavy atom. The zero-order valence-corrected chi connectivity index (χ0v) is 19.3. The highest BCUT2D eigenvalue weighted by Crippen LogP contribution is 2.41. The van der Waals surface area contributed by atoms with Crippen LogP contribution >= 0.6 is 0 Å². The number of alkyl halides is 9. The van der Waals surface area contributed by atoms with Crippen LogP contribution < -0.4 is 0 Å². The summed E-state index contributed by atoms with van der Waals surface area (Å²) in [6.07, 6.45) is -17.4. The summed E-state index contributed by atoms with van der Waals surface area (Å²) >= 11 is 0. The molecule has 1 aliphatic heterocycles. The molecule has 0 saturated carbocycles. The van der Waals surface area contributed by atoms with Gasteiger partial charge >= 0.3 is 24.6 Å². The fourth-order valence-electron chi connectivity index (χ4n) is 4.02. The SMILES string of the molecule is CCCC(=O)c1ccc(C(F)(F)F)cc1CN1C(=O)OC(c2cc(C(F)(F)F)cc(C(F)(F)F)c2)C1C. The van der Waals surface area contributed by atoms with E-state index in [1.54, 1.807) is 6.92 Å². The molecular formula is C24H20F9NO3. The summed E-state index contributed by atoms with van der Waals surface area (Å²) in [6.45, 7) is 2.36. The number of benzene rings is 2. The molecule has 0 spiro atoms. The van der Waals surface area contributed by atoms with Crippen molar-refractivity contribution in [3.8, 4) is 0 Å². The zero-order chi connectivity index (χ0) is 27.9. The van der Waals surface area contributed by atoms with Crippen molar-refractivity contribution in [1.29, 1.82) is 0 Å². The van der Waals surface area contributed by atoms with Gasteiger partial charge in [-0.15, -0.1) is 0 Å². The van der Waals surface area contributed by atoms with Crippen molar-refractivity contribution in [2.45, 2.75) is 63.9 Å². The second-order valence-electron chi connectivity index (χ2n) is 8.55. The molecule has 2 aromatic rings. The highest BCUT2D eigenvalue weighted by atomic mass is 19.4. The van der Waals surface area contributed by atoms with Crippen LogP contribution in [-0.4, -0.2) is 22.8 Å². The quantitative estimate of drug-likeness (QED) is 0.277. The number of amides is 1. The topological polar surface area (TPSA) is 46.6 Å². The van der Waals surface area contributed by atoms with Gasteiger partial charge in [-0.05, 0) is 54.8 Å². The monoisotopic (exact) mass is 541 g/mol. The Kier molecular flexibility index (Phi) is 7.58. The third-order valence-electron chi connectivity index (χ3n) is 5.88. The number of ketones is 1. The number of cyclic esters (lactones) is 1. The summed E-state index contributed by atoms with van der Waals surface area (Å²) in [5.41, 5.74) is -5.17. The van der Waals surface area contributed by atoms with Crippen LogP contribution in [0.25, 0.3) is 0 Å². The standard InChI is InChI=1S/C24H20F9NO3/c1-3-4-19(35)18-6-5-15(22(25,26)27)9-14(18)11-34-12(2)20(37-21(34)36)13-7-16(23(28,29)30)10-17(8-13)24(31,32)33/h5-10,12,20H,3-4,11H2,1-2H3. The maximum Gasteiger partial charge on any atom is 0.416 e. The predicted octanol–water partition coefficient (Wildman–Crippen LogP) is 7.81. The van der Waals surface area contributed by atoms with Crippen LogP contribution in [0.2, 0.25) is 0 Å². The number of hydrogen-bond donors (Lipinski definition) is 0. The number of ether oxygens (including phenoxy) is 1. The lowest BCUT2D eigenvalue weighted by Gasteiger charge is -2.23. The molecule has 2 aromatic carbocycles. The highest BCUT2D eigenvalue weighted by Gasteiger charge is 2.43. The van der Waals surface area contributed by atoms with Crippen LogP contribution in [0.1, 0.15) is 71.0 Å². The lowest BCUT2D eigenvalue weighted by molar-refractivity contribution is -0.143. The fourth-order valence-corrected chi connectivity index (χ4v) is 4.02. The predicted molar refractivity (Wildman–Crippen MR) is 111 cm³/mol. The average Bonchev–Trinajstić information content (AvgIpc) is 3.05. The molecule has 1 fully saturated rings. The van der Waals surface area contributed by atoms with Crippen molar-refractivity contribution in [2.24, 2.45) is 0 Å². The molecule has 0 N–H and O–H groups in total. The largest absolute Gasteiger partial charge is 0.439 e. The number of halogens is 9. The first-order chi connectivity index (χ1) is 16.9. The maximum atomic E-state index is 13.3. The number of nitrogens with zero attached hydrogens (tertiary/aromatic N) is 1. The second-order valence-corrected chi connectivity index (χ2v) is 8.55. The lowest BCUT2D eigenvalue weighted by atomic mass is 9.95. The normalized spacial score (nSPS) is 18.8. The Hall–Kier alpha value is -3.25. The fraction of sp³-hybridized carbons (Fsp3) is 0.417. The first-order valence-electron chi connectivity index (χ1n) is 10.9. The van der Waals surface area contributed by atoms with E-state index >= 15 is 0 Å². The van der Waals surface area contributed by atoms with E-state index in [0.717, 1.165) is 11.0 Å². The summed E-state index contributed by atoms with van der Waals surface area (Å²) < 4.78 is 125. The van der Waals surface area contributed by atoms with Crippen LogP contribution in [0.4, 0.5) is 44.3 Å². The summed E-state index contributed by atoms with van der Waals surface area (Å²) in [5, 5.41) is 0. The van der Waals surface area contributed by atoms with Crippen LogP contribution in [0, 0.1) is 0 Å². The minimum absolute atomic E-state index is 0.00540. The van der Waals surface area contributed by atoms with Gasteiger partial charge in [-0.25, -0.2) is 4.79 Å². The third kappa shape index (κ3) is 6.19. The first kappa shape index (κ1) is 28.3. The number of carbonyl (C=O) groups excluding carboxylic acids is 2. The number of carbonyl (C=O) groups is 2. The van der Waals surface area contributed by atoms with Crippen molar-refractivity contribution in [2.75, 3.05) is 0 Å². The minimum Gasteiger partial charge on any atom is -0.439 e. The summed E-state index contributed by atoms with van der Waals surface area (Å²) in [6, 6.07) is 1.96. The van der Waals surface area contributed by atoms with Crippen molar-refractivity contribution in [3.05, 3.63) is 69.8 Å². The lowest BCUT2D eigenvalue weighted by Crippen LogP contribution is -2.32. The number of hydrogen-bond acceptors (Lipinski definition) is 3. The van der Waals surface area contributed by atoms with E-state index in [0.29, 0.717) is 30.7 Å². The van der Waals surface area contributed by atoms with Crippen LogP contribution in [0.15, 0.2) is 36.4 Å². The average molecular weight is 541 g/mol. The molecule has 3 rings (SSSR count). The molecule has 1 aliphatic rings. The zero-order valence-electron chi connectivity index (χ0n) is 19.3. The molecule has 0 aromatic heterocycles. The van der Waals surface area contributed by atoms with Gasteiger partial charge in [0, 0.05) is 12.0 Å².